The predicted octanol–water partition coefficient (Wildman–Crippen LogP) is 3.50. The van der Waals surface area contributed by atoms with E-state index in [1.165, 1.54) is 0 Å². The number of rotatable bonds is 3. The maximum absolute atomic E-state index is 3.50. The van der Waals surface area contributed by atoms with Gasteiger partial charge < -0.3 is 0 Å². The minimum atomic E-state index is 0.490. The van der Waals surface area contributed by atoms with Crippen LogP contribution in [0.3, 0.4) is 0 Å². The fraction of sp³-hybridized carbons (Fsp3) is 0.714. The maximum atomic E-state index is 3.50. The first-order chi connectivity index (χ1) is 4.16. The topological polar surface area (TPSA) is 0 Å². The third kappa shape index (κ3) is 6.59. The Hall–Kier alpha value is 0.700. The molecule has 0 spiro atoms. The summed E-state index contributed by atoms with van der Waals surface area (Å²) in [4.78, 5) is 1.03. The first kappa shape index (κ1) is 9.70. The third-order valence-corrected chi connectivity index (χ3v) is 2.23. The Morgan fingerprint density at radius 3 is 2.22 bits per heavy atom. The molecule has 54 valence electrons. The van der Waals surface area contributed by atoms with Gasteiger partial charge in [-0.25, -0.2) is 0 Å². The van der Waals surface area contributed by atoms with Gasteiger partial charge in [0.25, 0.3) is 0 Å². The standard InChI is InChI=1S/C7H12Br2/c1-3-7(9)5-4-6(2)8/h4-7H,3H2,1-2H3/b5-4+. The minimum absolute atomic E-state index is 0.490. The van der Waals surface area contributed by atoms with Crippen molar-refractivity contribution in [3.63, 3.8) is 0 Å². The average molecular weight is 256 g/mol. The zero-order valence-electron chi connectivity index (χ0n) is 5.77. The van der Waals surface area contributed by atoms with Crippen LogP contribution in [0, 0.1) is 0 Å². The molecule has 2 atom stereocenters. The molecule has 9 heavy (non-hydrogen) atoms. The fourth-order valence-electron chi connectivity index (χ4n) is 0.410. The van der Waals surface area contributed by atoms with Crippen molar-refractivity contribution in [2.45, 2.75) is 29.9 Å². The fourth-order valence-corrected chi connectivity index (χ4v) is 0.762. The van der Waals surface area contributed by atoms with Gasteiger partial charge in [0.1, 0.15) is 0 Å². The van der Waals surface area contributed by atoms with Crippen molar-refractivity contribution in [3.05, 3.63) is 12.2 Å². The SMILES string of the molecule is CCC(Br)/C=C/C(C)Br. The van der Waals surface area contributed by atoms with Gasteiger partial charge >= 0.3 is 0 Å². The van der Waals surface area contributed by atoms with E-state index in [1.54, 1.807) is 0 Å². The molecule has 0 fully saturated rings. The summed E-state index contributed by atoms with van der Waals surface area (Å²) in [7, 11) is 0. The van der Waals surface area contributed by atoms with Crippen LogP contribution in [-0.2, 0) is 0 Å². The van der Waals surface area contributed by atoms with E-state index in [-0.39, 0.29) is 0 Å². The summed E-state index contributed by atoms with van der Waals surface area (Å²) >= 11 is 6.92. The second-order valence-electron chi connectivity index (χ2n) is 1.99. The molecule has 2 unspecified atom stereocenters. The molecule has 0 saturated heterocycles. The second kappa shape index (κ2) is 5.48. The molecule has 0 aliphatic rings. The number of alkyl halides is 2. The summed E-state index contributed by atoms with van der Waals surface area (Å²) in [5.74, 6) is 0. The van der Waals surface area contributed by atoms with Crippen LogP contribution in [0.15, 0.2) is 12.2 Å². The van der Waals surface area contributed by atoms with Crippen molar-refractivity contribution < 1.29 is 0 Å². The highest BCUT2D eigenvalue weighted by Gasteiger charge is 1.93. The summed E-state index contributed by atoms with van der Waals surface area (Å²) < 4.78 is 0. The third-order valence-electron chi connectivity index (χ3n) is 0.975. The van der Waals surface area contributed by atoms with E-state index in [4.69, 9.17) is 0 Å². The average Bonchev–Trinajstić information content (AvgIpc) is 1.83. The largest absolute Gasteiger partial charge is 0.0848 e. The molecule has 0 nitrogen and oxygen atoms in total. The van der Waals surface area contributed by atoms with Gasteiger partial charge in [-0.15, -0.1) is 0 Å². The molecular weight excluding hydrogens is 244 g/mol. The Kier molecular flexibility index (Phi) is 5.91. The zero-order valence-corrected chi connectivity index (χ0v) is 8.94. The van der Waals surface area contributed by atoms with Crippen LogP contribution in [0.5, 0.6) is 0 Å². The van der Waals surface area contributed by atoms with E-state index in [0.29, 0.717) is 9.65 Å². The van der Waals surface area contributed by atoms with Gasteiger partial charge in [0.15, 0.2) is 0 Å². The van der Waals surface area contributed by atoms with Crippen molar-refractivity contribution in [1.82, 2.24) is 0 Å². The molecule has 0 bridgehead atoms. The number of hydrogen-bond donors (Lipinski definition) is 0. The molecule has 0 aromatic heterocycles. The lowest BCUT2D eigenvalue weighted by Gasteiger charge is -1.97. The van der Waals surface area contributed by atoms with Gasteiger partial charge in [-0.05, 0) is 13.3 Å². The Morgan fingerprint density at radius 2 is 1.89 bits per heavy atom. The van der Waals surface area contributed by atoms with E-state index < -0.39 is 0 Å². The molecule has 0 aromatic carbocycles. The predicted molar refractivity (Wildman–Crippen MR) is 50.5 cm³/mol. The molecule has 0 heterocycles. The van der Waals surface area contributed by atoms with Crippen LogP contribution in [0.2, 0.25) is 0 Å². The van der Waals surface area contributed by atoms with Crippen LogP contribution >= 0.6 is 31.9 Å². The van der Waals surface area contributed by atoms with Crippen molar-refractivity contribution in [3.8, 4) is 0 Å². The summed E-state index contributed by atoms with van der Waals surface area (Å²) in [6.45, 7) is 4.26. The molecule has 0 N–H and O–H groups in total. The minimum Gasteiger partial charge on any atom is -0.0848 e. The molecule has 2 heteroatoms. The van der Waals surface area contributed by atoms with Gasteiger partial charge in [-0.2, -0.15) is 0 Å². The number of halogens is 2. The lowest BCUT2D eigenvalue weighted by Crippen LogP contribution is -1.90. The highest BCUT2D eigenvalue weighted by atomic mass is 79.9. The van der Waals surface area contributed by atoms with Gasteiger partial charge in [0, 0.05) is 9.65 Å². The van der Waals surface area contributed by atoms with Crippen molar-refractivity contribution in [2.24, 2.45) is 0 Å². The number of allylic oxidation sites excluding steroid dienone is 2. The van der Waals surface area contributed by atoms with Crippen LogP contribution < -0.4 is 0 Å². The van der Waals surface area contributed by atoms with E-state index in [1.807, 2.05) is 0 Å². The van der Waals surface area contributed by atoms with Crippen molar-refractivity contribution in [1.29, 1.82) is 0 Å². The lowest BCUT2D eigenvalue weighted by atomic mass is 10.3. The molecule has 0 radical (unpaired) electrons. The Labute approximate surface area is 74.0 Å². The maximum Gasteiger partial charge on any atom is 0.0323 e. The summed E-state index contributed by atoms with van der Waals surface area (Å²) in [6, 6.07) is 0. The molecular formula is C7H12Br2. The zero-order chi connectivity index (χ0) is 7.28. The summed E-state index contributed by atoms with van der Waals surface area (Å²) in [5, 5.41) is 0. The Bertz CT molecular complexity index is 86.9. The highest BCUT2D eigenvalue weighted by Crippen LogP contribution is 2.08. The van der Waals surface area contributed by atoms with E-state index in [0.717, 1.165) is 6.42 Å². The van der Waals surface area contributed by atoms with Crippen LogP contribution in [0.1, 0.15) is 20.3 Å². The van der Waals surface area contributed by atoms with E-state index in [2.05, 4.69) is 57.9 Å². The first-order valence-corrected chi connectivity index (χ1v) is 4.96. The van der Waals surface area contributed by atoms with Crippen molar-refractivity contribution >= 4 is 31.9 Å². The van der Waals surface area contributed by atoms with E-state index in [9.17, 15) is 0 Å². The van der Waals surface area contributed by atoms with E-state index >= 15 is 0 Å². The summed E-state index contributed by atoms with van der Waals surface area (Å²) in [6.07, 6.45) is 5.46. The van der Waals surface area contributed by atoms with Gasteiger partial charge in [0.05, 0.1) is 0 Å². The molecule has 0 aromatic rings. The van der Waals surface area contributed by atoms with Gasteiger partial charge in [-0.1, -0.05) is 50.9 Å². The van der Waals surface area contributed by atoms with Gasteiger partial charge in [0.2, 0.25) is 0 Å². The Morgan fingerprint density at radius 1 is 1.33 bits per heavy atom. The Balaban J connectivity index is 3.43. The van der Waals surface area contributed by atoms with Crippen molar-refractivity contribution in [2.75, 3.05) is 0 Å². The lowest BCUT2D eigenvalue weighted by molar-refractivity contribution is 0.986. The highest BCUT2D eigenvalue weighted by molar-refractivity contribution is 9.10. The molecule has 0 saturated carbocycles. The van der Waals surface area contributed by atoms with Crippen LogP contribution in [0.4, 0.5) is 0 Å². The monoisotopic (exact) mass is 254 g/mol. The molecule has 0 rings (SSSR count). The normalized spacial score (nSPS) is 18.2. The number of hydrogen-bond acceptors (Lipinski definition) is 0. The van der Waals surface area contributed by atoms with Gasteiger partial charge in [-0.3, -0.25) is 0 Å². The molecule has 0 amide bonds. The molecule has 0 aliphatic carbocycles. The molecule has 0 aliphatic heterocycles. The van der Waals surface area contributed by atoms with Crippen LogP contribution in [0.25, 0.3) is 0 Å². The quantitative estimate of drug-likeness (QED) is 0.535. The smallest absolute Gasteiger partial charge is 0.0323 e. The second-order valence-corrected chi connectivity index (χ2v) is 4.61. The first-order valence-electron chi connectivity index (χ1n) is 3.13. The summed E-state index contributed by atoms with van der Waals surface area (Å²) in [5.41, 5.74) is 0. The van der Waals surface area contributed by atoms with Crippen LogP contribution in [-0.4, -0.2) is 9.65 Å².